The summed E-state index contributed by atoms with van der Waals surface area (Å²) in [6.45, 7) is 3.33. The molecule has 18 heavy (non-hydrogen) atoms. The second-order valence-electron chi connectivity index (χ2n) is 3.94. The van der Waals surface area contributed by atoms with Crippen molar-refractivity contribution in [3.63, 3.8) is 0 Å². The summed E-state index contributed by atoms with van der Waals surface area (Å²) in [5, 5.41) is 11.6. The van der Waals surface area contributed by atoms with Crippen LogP contribution < -0.4 is 5.32 Å². The highest BCUT2D eigenvalue weighted by Crippen LogP contribution is 2.11. The third kappa shape index (κ3) is 3.85. The van der Waals surface area contributed by atoms with Crippen LogP contribution in [0.3, 0.4) is 0 Å². The minimum absolute atomic E-state index is 0.0790. The zero-order valence-corrected chi connectivity index (χ0v) is 10.6. The normalized spacial score (nSPS) is 10.4. The van der Waals surface area contributed by atoms with Gasteiger partial charge >= 0.3 is 5.97 Å². The van der Waals surface area contributed by atoms with Gasteiger partial charge in [0, 0.05) is 13.6 Å². The van der Waals surface area contributed by atoms with E-state index in [9.17, 15) is 9.59 Å². The number of carboxylic acid groups (broad SMARTS) is 1. The monoisotopic (exact) mass is 250 g/mol. The Bertz CT molecular complexity index is 432. The van der Waals surface area contributed by atoms with Gasteiger partial charge in [0.05, 0.1) is 12.1 Å². The smallest absolute Gasteiger partial charge is 0.336 e. The van der Waals surface area contributed by atoms with Crippen molar-refractivity contribution in [2.24, 2.45) is 0 Å². The first kappa shape index (κ1) is 14.2. The number of amides is 1. The van der Waals surface area contributed by atoms with E-state index in [1.165, 1.54) is 0 Å². The number of likely N-dealkylation sites (N-methyl/N-ethyl adjacent to an activating group) is 2. The highest BCUT2D eigenvalue weighted by atomic mass is 16.4. The van der Waals surface area contributed by atoms with E-state index in [-0.39, 0.29) is 18.0 Å². The summed E-state index contributed by atoms with van der Waals surface area (Å²) in [6, 6.07) is 6.85. The molecular weight excluding hydrogens is 232 g/mol. The number of rotatable bonds is 6. The van der Waals surface area contributed by atoms with Crippen LogP contribution in [0.15, 0.2) is 24.3 Å². The summed E-state index contributed by atoms with van der Waals surface area (Å²) < 4.78 is 0. The van der Waals surface area contributed by atoms with Gasteiger partial charge in [0.25, 0.3) is 0 Å². The maximum absolute atomic E-state index is 11.3. The van der Waals surface area contributed by atoms with Crippen molar-refractivity contribution < 1.29 is 14.7 Å². The minimum atomic E-state index is -0.943. The summed E-state index contributed by atoms with van der Waals surface area (Å²) in [6.07, 6.45) is 0. The molecule has 0 radical (unpaired) electrons. The van der Waals surface area contributed by atoms with E-state index in [1.807, 2.05) is 11.8 Å². The van der Waals surface area contributed by atoms with E-state index in [2.05, 4.69) is 5.32 Å². The van der Waals surface area contributed by atoms with Gasteiger partial charge in [0.1, 0.15) is 0 Å². The molecule has 0 aliphatic heterocycles. The number of benzene rings is 1. The Morgan fingerprint density at radius 3 is 2.56 bits per heavy atom. The molecule has 5 nitrogen and oxygen atoms in total. The van der Waals surface area contributed by atoms with Crippen LogP contribution in [0.1, 0.15) is 22.8 Å². The highest BCUT2D eigenvalue weighted by Gasteiger charge is 2.13. The molecule has 5 heteroatoms. The Hall–Kier alpha value is -1.88. The van der Waals surface area contributed by atoms with Crippen LogP contribution in [0.25, 0.3) is 0 Å². The lowest BCUT2D eigenvalue weighted by Crippen LogP contribution is -2.35. The molecule has 0 saturated carbocycles. The molecule has 0 bridgehead atoms. The van der Waals surface area contributed by atoms with Gasteiger partial charge in [-0.25, -0.2) is 4.79 Å². The molecule has 0 aliphatic carbocycles. The molecule has 0 unspecified atom stereocenters. The molecule has 1 rings (SSSR count). The number of carboxylic acids is 1. The average Bonchev–Trinajstić information content (AvgIpc) is 2.38. The standard InChI is InChI=1S/C13H18N2O3/c1-3-15(9-12(16)14-2)8-10-6-4-5-7-11(10)13(17)18/h4-7H,3,8-9H2,1-2H3,(H,14,16)(H,17,18). The number of hydrogen-bond acceptors (Lipinski definition) is 3. The predicted octanol–water partition coefficient (Wildman–Crippen LogP) is 0.953. The molecular formula is C13H18N2O3. The largest absolute Gasteiger partial charge is 0.478 e. The first-order valence-corrected chi connectivity index (χ1v) is 5.82. The van der Waals surface area contributed by atoms with Crippen molar-refractivity contribution >= 4 is 11.9 Å². The van der Waals surface area contributed by atoms with Gasteiger partial charge in [-0.2, -0.15) is 0 Å². The SMILES string of the molecule is CCN(CC(=O)NC)Cc1ccccc1C(=O)O. The fourth-order valence-electron chi connectivity index (χ4n) is 1.67. The zero-order valence-electron chi connectivity index (χ0n) is 10.6. The van der Waals surface area contributed by atoms with Gasteiger partial charge in [-0.3, -0.25) is 9.69 Å². The molecule has 1 aromatic carbocycles. The van der Waals surface area contributed by atoms with E-state index in [0.29, 0.717) is 13.1 Å². The van der Waals surface area contributed by atoms with Crippen LogP contribution in [0, 0.1) is 0 Å². The molecule has 1 amide bonds. The molecule has 0 atom stereocenters. The van der Waals surface area contributed by atoms with Gasteiger partial charge in [0.15, 0.2) is 0 Å². The van der Waals surface area contributed by atoms with Crippen molar-refractivity contribution in [3.8, 4) is 0 Å². The van der Waals surface area contributed by atoms with E-state index in [1.54, 1.807) is 31.3 Å². The van der Waals surface area contributed by atoms with Gasteiger partial charge < -0.3 is 10.4 Å². The van der Waals surface area contributed by atoms with Crippen LogP contribution in [-0.2, 0) is 11.3 Å². The number of carbonyl (C=O) groups excluding carboxylic acids is 1. The predicted molar refractivity (Wildman–Crippen MR) is 68.4 cm³/mol. The fraction of sp³-hybridized carbons (Fsp3) is 0.385. The molecule has 0 spiro atoms. The summed E-state index contributed by atoms with van der Waals surface area (Å²) in [5.74, 6) is -1.02. The highest BCUT2D eigenvalue weighted by molar-refractivity contribution is 5.89. The van der Waals surface area contributed by atoms with Crippen molar-refractivity contribution in [2.75, 3.05) is 20.1 Å². The lowest BCUT2D eigenvalue weighted by Gasteiger charge is -2.20. The molecule has 0 aliphatic rings. The molecule has 0 aromatic heterocycles. The molecule has 2 N–H and O–H groups in total. The third-order valence-electron chi connectivity index (χ3n) is 2.73. The van der Waals surface area contributed by atoms with Gasteiger partial charge in [-0.1, -0.05) is 25.1 Å². The van der Waals surface area contributed by atoms with Gasteiger partial charge in [-0.05, 0) is 18.2 Å². The van der Waals surface area contributed by atoms with Crippen LogP contribution in [0.5, 0.6) is 0 Å². The Morgan fingerprint density at radius 1 is 1.33 bits per heavy atom. The van der Waals surface area contributed by atoms with Crippen LogP contribution >= 0.6 is 0 Å². The van der Waals surface area contributed by atoms with Crippen molar-refractivity contribution in [3.05, 3.63) is 35.4 Å². The third-order valence-corrected chi connectivity index (χ3v) is 2.73. The van der Waals surface area contributed by atoms with E-state index < -0.39 is 5.97 Å². The maximum Gasteiger partial charge on any atom is 0.336 e. The van der Waals surface area contributed by atoms with Crippen LogP contribution in [0.4, 0.5) is 0 Å². The first-order valence-electron chi connectivity index (χ1n) is 5.82. The number of aromatic carboxylic acids is 1. The Labute approximate surface area is 106 Å². The van der Waals surface area contributed by atoms with Gasteiger partial charge in [-0.15, -0.1) is 0 Å². The summed E-state index contributed by atoms with van der Waals surface area (Å²) >= 11 is 0. The first-order chi connectivity index (χ1) is 8.58. The summed E-state index contributed by atoms with van der Waals surface area (Å²) in [5.41, 5.74) is 1.00. The number of hydrogen-bond donors (Lipinski definition) is 2. The quantitative estimate of drug-likeness (QED) is 0.788. The van der Waals surface area contributed by atoms with Crippen molar-refractivity contribution in [1.82, 2.24) is 10.2 Å². The van der Waals surface area contributed by atoms with Crippen molar-refractivity contribution in [1.29, 1.82) is 0 Å². The number of carbonyl (C=O) groups is 2. The second kappa shape index (κ2) is 6.76. The van der Waals surface area contributed by atoms with E-state index in [4.69, 9.17) is 5.11 Å². The van der Waals surface area contributed by atoms with Crippen molar-refractivity contribution in [2.45, 2.75) is 13.5 Å². The lowest BCUT2D eigenvalue weighted by molar-refractivity contribution is -0.121. The number of nitrogens with one attached hydrogen (secondary N) is 1. The van der Waals surface area contributed by atoms with Gasteiger partial charge in [0.2, 0.25) is 5.91 Å². The topological polar surface area (TPSA) is 69.6 Å². The van der Waals surface area contributed by atoms with Crippen LogP contribution in [0.2, 0.25) is 0 Å². The summed E-state index contributed by atoms with van der Waals surface area (Å²) in [4.78, 5) is 24.3. The summed E-state index contributed by atoms with van der Waals surface area (Å²) in [7, 11) is 1.58. The zero-order chi connectivity index (χ0) is 13.5. The Kier molecular flexibility index (Phi) is 5.32. The maximum atomic E-state index is 11.3. The lowest BCUT2D eigenvalue weighted by atomic mass is 10.1. The molecule has 1 aromatic rings. The number of nitrogens with zero attached hydrogens (tertiary/aromatic N) is 1. The molecule has 0 saturated heterocycles. The molecule has 98 valence electrons. The Morgan fingerprint density at radius 2 is 2.00 bits per heavy atom. The average molecular weight is 250 g/mol. The molecule has 0 fully saturated rings. The molecule has 0 heterocycles. The van der Waals surface area contributed by atoms with E-state index in [0.717, 1.165) is 5.56 Å². The van der Waals surface area contributed by atoms with Crippen LogP contribution in [-0.4, -0.2) is 42.0 Å². The second-order valence-corrected chi connectivity index (χ2v) is 3.94. The Balaban J connectivity index is 2.81. The fourth-order valence-corrected chi connectivity index (χ4v) is 1.67. The minimum Gasteiger partial charge on any atom is -0.478 e. The van der Waals surface area contributed by atoms with E-state index >= 15 is 0 Å².